The minimum atomic E-state index is -0.179. The average molecular weight is 387 g/mol. The summed E-state index contributed by atoms with van der Waals surface area (Å²) in [6.07, 6.45) is 5.80. The summed E-state index contributed by atoms with van der Waals surface area (Å²) < 4.78 is 7.10. The normalized spacial score (nSPS) is 13.0. The van der Waals surface area contributed by atoms with Crippen LogP contribution in [0.1, 0.15) is 41.3 Å². The van der Waals surface area contributed by atoms with Crippen molar-refractivity contribution in [1.82, 2.24) is 19.3 Å². The van der Waals surface area contributed by atoms with E-state index in [0.29, 0.717) is 18.8 Å². The third-order valence-corrected chi connectivity index (χ3v) is 5.10. The van der Waals surface area contributed by atoms with Crippen LogP contribution >= 0.6 is 11.6 Å². The third-order valence-electron chi connectivity index (χ3n) is 4.61. The van der Waals surface area contributed by atoms with Gasteiger partial charge in [0.1, 0.15) is 0 Å². The first-order chi connectivity index (χ1) is 13.1. The van der Waals surface area contributed by atoms with E-state index in [-0.39, 0.29) is 11.7 Å². The minimum Gasteiger partial charge on any atom is -0.494 e. The second kappa shape index (κ2) is 7.96. The fourth-order valence-electron chi connectivity index (χ4n) is 3.18. The van der Waals surface area contributed by atoms with Gasteiger partial charge in [0.25, 0.3) is 5.91 Å². The molecule has 0 radical (unpaired) electrons. The summed E-state index contributed by atoms with van der Waals surface area (Å²) in [4.78, 5) is 22.7. The number of aryl methyl sites for hydroxylation is 1. The first-order valence-electron chi connectivity index (χ1n) is 9.01. The number of ether oxygens (including phenoxy) is 1. The first-order valence-corrected chi connectivity index (χ1v) is 9.39. The maximum atomic E-state index is 12.7. The number of carbonyl (C=O) groups excluding carboxylic acids is 1. The van der Waals surface area contributed by atoms with E-state index >= 15 is 0 Å². The Hall–Kier alpha value is -2.60. The molecule has 142 valence electrons. The number of amides is 1. The van der Waals surface area contributed by atoms with E-state index in [2.05, 4.69) is 20.4 Å². The number of carbonyl (C=O) groups is 1. The summed E-state index contributed by atoms with van der Waals surface area (Å²) in [5, 5.41) is 0.758. The van der Waals surface area contributed by atoms with E-state index in [1.54, 1.807) is 4.90 Å². The molecule has 3 aromatic rings. The second-order valence-electron chi connectivity index (χ2n) is 6.11. The van der Waals surface area contributed by atoms with Gasteiger partial charge in [0.15, 0.2) is 5.75 Å². The van der Waals surface area contributed by atoms with Gasteiger partial charge in [-0.2, -0.15) is 0 Å². The van der Waals surface area contributed by atoms with Crippen molar-refractivity contribution >= 4 is 23.0 Å². The molecule has 7 heteroatoms. The molecule has 0 aromatic carbocycles. The van der Waals surface area contributed by atoms with Gasteiger partial charge in [0, 0.05) is 18.4 Å². The van der Waals surface area contributed by atoms with Crippen LogP contribution in [0.3, 0.4) is 0 Å². The van der Waals surface area contributed by atoms with Gasteiger partial charge in [-0.05, 0) is 36.6 Å². The van der Waals surface area contributed by atoms with Crippen LogP contribution in [0.4, 0.5) is 0 Å². The molecule has 0 bridgehead atoms. The molecule has 4 rings (SSSR count). The number of hydrogen-bond acceptors (Lipinski definition) is 4. The van der Waals surface area contributed by atoms with Crippen LogP contribution in [-0.4, -0.2) is 38.8 Å². The predicted octanol–water partition coefficient (Wildman–Crippen LogP) is 3.92. The van der Waals surface area contributed by atoms with Crippen molar-refractivity contribution in [3.8, 4) is 5.75 Å². The van der Waals surface area contributed by atoms with Crippen LogP contribution in [-0.2, 0) is 13.0 Å². The maximum absolute atomic E-state index is 12.7. The van der Waals surface area contributed by atoms with Crippen molar-refractivity contribution in [3.05, 3.63) is 58.4 Å². The van der Waals surface area contributed by atoms with Gasteiger partial charge in [-0.3, -0.25) is 4.79 Å². The molecule has 1 aliphatic heterocycles. The predicted molar refractivity (Wildman–Crippen MR) is 106 cm³/mol. The molecule has 1 aliphatic rings. The van der Waals surface area contributed by atoms with Gasteiger partial charge in [-0.25, -0.2) is 9.97 Å². The van der Waals surface area contributed by atoms with Crippen molar-refractivity contribution in [2.45, 2.75) is 33.7 Å². The topological polar surface area (TPSA) is 59.7 Å². The number of hydrogen-bond donors (Lipinski definition) is 0. The van der Waals surface area contributed by atoms with Crippen LogP contribution in [0, 0.1) is 6.92 Å². The number of nitrogens with zero attached hydrogens (tertiary/aromatic N) is 4. The average Bonchev–Trinajstić information content (AvgIpc) is 3.10. The first kappa shape index (κ1) is 19.2. The number of rotatable bonds is 2. The maximum Gasteiger partial charge on any atom is 0.292 e. The summed E-state index contributed by atoms with van der Waals surface area (Å²) in [5.41, 5.74) is 4.35. The zero-order chi connectivity index (χ0) is 19.6. The van der Waals surface area contributed by atoms with Crippen LogP contribution in [0.5, 0.6) is 5.75 Å². The van der Waals surface area contributed by atoms with Gasteiger partial charge < -0.3 is 14.0 Å². The van der Waals surface area contributed by atoms with Crippen LogP contribution in [0.2, 0.25) is 5.02 Å². The van der Waals surface area contributed by atoms with Crippen molar-refractivity contribution < 1.29 is 9.53 Å². The van der Waals surface area contributed by atoms with Gasteiger partial charge in [0.2, 0.25) is 5.82 Å². The van der Waals surface area contributed by atoms with Crippen molar-refractivity contribution in [2.75, 3.05) is 13.7 Å². The number of methoxy groups -OCH3 is 1. The molecule has 0 saturated heterocycles. The standard InChI is InChI=1S/C18H17ClN4O2.C2H6/c1-11-3-6-23-14(16(11)19)7-12-4-5-22(10-15(12)23)18(24)17-20-8-13(25-2)9-21-17;1-2/h3,6-9H,4-5,10H2,1-2H3;1-2H3. The summed E-state index contributed by atoms with van der Waals surface area (Å²) in [5.74, 6) is 0.528. The molecule has 0 saturated carbocycles. The van der Waals surface area contributed by atoms with Crippen LogP contribution in [0.15, 0.2) is 30.7 Å². The van der Waals surface area contributed by atoms with Gasteiger partial charge >= 0.3 is 0 Å². The van der Waals surface area contributed by atoms with Crippen molar-refractivity contribution in [3.63, 3.8) is 0 Å². The number of aromatic nitrogens is 3. The smallest absolute Gasteiger partial charge is 0.292 e. The van der Waals surface area contributed by atoms with Gasteiger partial charge in [0.05, 0.1) is 36.6 Å². The zero-order valence-electron chi connectivity index (χ0n) is 16.0. The van der Waals surface area contributed by atoms with E-state index in [4.69, 9.17) is 16.3 Å². The summed E-state index contributed by atoms with van der Waals surface area (Å²) in [7, 11) is 1.54. The molecular formula is C20H23ClN4O2. The fourth-order valence-corrected chi connectivity index (χ4v) is 3.38. The molecule has 6 nitrogen and oxygen atoms in total. The Morgan fingerprint density at radius 3 is 2.63 bits per heavy atom. The quantitative estimate of drug-likeness (QED) is 0.669. The molecule has 4 heterocycles. The highest BCUT2D eigenvalue weighted by atomic mass is 35.5. The lowest BCUT2D eigenvalue weighted by molar-refractivity contribution is 0.0719. The Kier molecular flexibility index (Phi) is 5.65. The minimum absolute atomic E-state index is 0.179. The summed E-state index contributed by atoms with van der Waals surface area (Å²) in [6.45, 7) is 7.14. The van der Waals surface area contributed by atoms with Crippen LogP contribution < -0.4 is 4.74 Å². The number of halogens is 1. The third kappa shape index (κ3) is 3.49. The fraction of sp³-hybridized carbons (Fsp3) is 0.350. The lowest BCUT2D eigenvalue weighted by Crippen LogP contribution is -2.37. The number of fused-ring (bicyclic) bond motifs is 3. The van der Waals surface area contributed by atoms with E-state index in [1.165, 1.54) is 25.1 Å². The molecular weight excluding hydrogens is 364 g/mol. The Bertz CT molecular complexity index is 966. The molecule has 0 atom stereocenters. The molecule has 0 aliphatic carbocycles. The Labute approximate surface area is 163 Å². The Morgan fingerprint density at radius 2 is 1.96 bits per heavy atom. The van der Waals surface area contributed by atoms with E-state index < -0.39 is 0 Å². The highest BCUT2D eigenvalue weighted by Gasteiger charge is 2.26. The summed E-state index contributed by atoms with van der Waals surface area (Å²) >= 11 is 6.44. The molecule has 0 fully saturated rings. The Morgan fingerprint density at radius 1 is 1.26 bits per heavy atom. The molecule has 0 spiro atoms. The van der Waals surface area contributed by atoms with E-state index in [1.807, 2.05) is 33.0 Å². The van der Waals surface area contributed by atoms with E-state index in [9.17, 15) is 4.79 Å². The SMILES string of the molecule is CC.COc1cnc(C(=O)N2CCc3cc4c(Cl)c(C)ccn4c3C2)nc1. The molecule has 0 N–H and O–H groups in total. The van der Waals surface area contributed by atoms with E-state index in [0.717, 1.165) is 28.2 Å². The van der Waals surface area contributed by atoms with Crippen LogP contribution in [0.25, 0.3) is 5.52 Å². The number of pyridine rings is 1. The lowest BCUT2D eigenvalue weighted by atomic mass is 10.1. The van der Waals surface area contributed by atoms with Gasteiger partial charge in [-0.1, -0.05) is 25.4 Å². The van der Waals surface area contributed by atoms with Crippen molar-refractivity contribution in [1.29, 1.82) is 0 Å². The highest BCUT2D eigenvalue weighted by molar-refractivity contribution is 6.34. The van der Waals surface area contributed by atoms with Crippen molar-refractivity contribution in [2.24, 2.45) is 0 Å². The molecule has 27 heavy (non-hydrogen) atoms. The summed E-state index contributed by atoms with van der Waals surface area (Å²) in [6, 6.07) is 4.11. The zero-order valence-corrected chi connectivity index (χ0v) is 16.7. The lowest BCUT2D eigenvalue weighted by Gasteiger charge is -2.27. The highest BCUT2D eigenvalue weighted by Crippen LogP contribution is 2.30. The largest absolute Gasteiger partial charge is 0.494 e. The molecule has 1 amide bonds. The molecule has 3 aromatic heterocycles. The Balaban J connectivity index is 0.00000102. The molecule has 0 unspecified atom stereocenters. The monoisotopic (exact) mass is 386 g/mol. The van der Waals surface area contributed by atoms with Gasteiger partial charge in [-0.15, -0.1) is 0 Å². The second-order valence-corrected chi connectivity index (χ2v) is 6.49.